The van der Waals surface area contributed by atoms with E-state index in [9.17, 15) is 13.2 Å². The first-order chi connectivity index (χ1) is 9.56. The molecule has 0 saturated heterocycles. The van der Waals surface area contributed by atoms with Crippen LogP contribution in [0.4, 0.5) is 13.2 Å². The van der Waals surface area contributed by atoms with Crippen molar-refractivity contribution >= 4 is 12.2 Å². The Morgan fingerprint density at radius 1 is 0.850 bits per heavy atom. The van der Waals surface area contributed by atoms with Gasteiger partial charge in [-0.05, 0) is 30.2 Å². The van der Waals surface area contributed by atoms with Gasteiger partial charge < -0.3 is 0 Å². The number of hydrogen-bond acceptors (Lipinski definition) is 0. The second-order valence-electron chi connectivity index (χ2n) is 3.93. The molecule has 0 aliphatic carbocycles. The zero-order valence-corrected chi connectivity index (χ0v) is 11.1. The van der Waals surface area contributed by atoms with Gasteiger partial charge in [0.05, 0.1) is 0 Å². The lowest BCUT2D eigenvalue weighted by atomic mass is 10.1. The van der Waals surface area contributed by atoms with Gasteiger partial charge in [-0.15, -0.1) is 0 Å². The van der Waals surface area contributed by atoms with E-state index in [2.05, 4.69) is 36.9 Å². The highest BCUT2D eigenvalue weighted by Gasteiger charge is 1.99. The van der Waals surface area contributed by atoms with Crippen LogP contribution in [0.2, 0.25) is 0 Å². The van der Waals surface area contributed by atoms with Gasteiger partial charge in [0.2, 0.25) is 0 Å². The molecule has 3 heteroatoms. The minimum absolute atomic E-state index is 0.495. The molecule has 0 unspecified atom stereocenters. The Kier molecular flexibility index (Phi) is 6.30. The van der Waals surface area contributed by atoms with Crippen molar-refractivity contribution in [2.24, 2.45) is 0 Å². The largest absolute Gasteiger partial charge is 0.207 e. The minimum Gasteiger partial charge on any atom is -0.207 e. The lowest BCUT2D eigenvalue weighted by molar-refractivity contribution is 0.495. The van der Waals surface area contributed by atoms with Gasteiger partial charge in [-0.3, -0.25) is 0 Å². The van der Waals surface area contributed by atoms with Crippen molar-refractivity contribution in [3.8, 4) is 0 Å². The summed E-state index contributed by atoms with van der Waals surface area (Å²) in [5.41, 5.74) is 2.40. The Labute approximate surface area is 116 Å². The summed E-state index contributed by atoms with van der Waals surface area (Å²) in [6, 6.07) is 10.4. The average molecular weight is 276 g/mol. The molecule has 0 bridgehead atoms. The van der Waals surface area contributed by atoms with E-state index in [1.165, 1.54) is 11.1 Å². The molecule has 0 aromatic heterocycles. The molecule has 0 radical (unpaired) electrons. The Morgan fingerprint density at radius 2 is 1.45 bits per heavy atom. The zero-order valence-electron chi connectivity index (χ0n) is 11.1. The predicted octanol–water partition coefficient (Wildman–Crippen LogP) is 5.47. The maximum absolute atomic E-state index is 12.0. The van der Waals surface area contributed by atoms with E-state index in [1.54, 1.807) is 0 Å². The van der Waals surface area contributed by atoms with Crippen LogP contribution in [-0.4, -0.2) is 0 Å². The highest BCUT2D eigenvalue weighted by Crippen LogP contribution is 2.07. The second-order valence-corrected chi connectivity index (χ2v) is 3.93. The highest BCUT2D eigenvalue weighted by molar-refractivity contribution is 5.54. The Hall–Kier alpha value is -2.29. The summed E-state index contributed by atoms with van der Waals surface area (Å²) in [6.07, 6.45) is 5.95. The molecule has 2 aromatic rings. The number of allylic oxidation sites excluding steroid dienone is 1. The summed E-state index contributed by atoms with van der Waals surface area (Å²) in [7, 11) is 0. The summed E-state index contributed by atoms with van der Waals surface area (Å²) >= 11 is 0. The third-order valence-electron chi connectivity index (χ3n) is 2.41. The van der Waals surface area contributed by atoms with Crippen molar-refractivity contribution in [2.45, 2.75) is 6.92 Å². The van der Waals surface area contributed by atoms with Gasteiger partial charge >= 0.3 is 0 Å². The molecule has 0 heterocycles. The van der Waals surface area contributed by atoms with Crippen molar-refractivity contribution in [3.05, 3.63) is 83.7 Å². The van der Waals surface area contributed by atoms with Crippen molar-refractivity contribution in [1.29, 1.82) is 0 Å². The molecule has 0 saturated carbocycles. The van der Waals surface area contributed by atoms with Gasteiger partial charge in [0.1, 0.15) is 5.82 Å². The lowest BCUT2D eigenvalue weighted by Crippen LogP contribution is -1.83. The first kappa shape index (κ1) is 15.8. The topological polar surface area (TPSA) is 0 Å². The summed E-state index contributed by atoms with van der Waals surface area (Å²) in [4.78, 5) is 0. The molecule has 0 fully saturated rings. The van der Waals surface area contributed by atoms with Crippen LogP contribution in [0.5, 0.6) is 0 Å². The van der Waals surface area contributed by atoms with Crippen LogP contribution >= 0.6 is 0 Å². The smallest absolute Gasteiger partial charge is 0.161 e. The molecular formula is C17H15F3. The van der Waals surface area contributed by atoms with Gasteiger partial charge in [0.15, 0.2) is 11.6 Å². The zero-order chi connectivity index (χ0) is 15.0. The van der Waals surface area contributed by atoms with Gasteiger partial charge in [-0.1, -0.05) is 49.1 Å². The molecule has 0 spiro atoms. The fourth-order valence-corrected chi connectivity index (χ4v) is 1.41. The van der Waals surface area contributed by atoms with E-state index in [0.29, 0.717) is 6.07 Å². The number of rotatable bonds is 2. The Bertz CT molecular complexity index is 584. The van der Waals surface area contributed by atoms with Gasteiger partial charge in [-0.25, -0.2) is 13.2 Å². The summed E-state index contributed by atoms with van der Waals surface area (Å²) in [6.45, 7) is 5.70. The molecule has 2 aromatic carbocycles. The van der Waals surface area contributed by atoms with E-state index in [-0.39, 0.29) is 0 Å². The quantitative estimate of drug-likeness (QED) is 0.638. The molecule has 20 heavy (non-hydrogen) atoms. The summed E-state index contributed by atoms with van der Waals surface area (Å²) < 4.78 is 35.9. The van der Waals surface area contributed by atoms with Crippen LogP contribution in [-0.2, 0) is 0 Å². The summed E-state index contributed by atoms with van der Waals surface area (Å²) in [5, 5.41) is 0. The summed E-state index contributed by atoms with van der Waals surface area (Å²) in [5.74, 6) is -2.96. The number of hydrogen-bond donors (Lipinski definition) is 0. The van der Waals surface area contributed by atoms with Crippen LogP contribution in [0.3, 0.4) is 0 Å². The molecule has 0 nitrogen and oxygen atoms in total. The van der Waals surface area contributed by atoms with E-state index in [1.807, 2.05) is 19.1 Å². The molecule has 0 aliphatic heterocycles. The van der Waals surface area contributed by atoms with Crippen molar-refractivity contribution < 1.29 is 13.2 Å². The van der Waals surface area contributed by atoms with Gasteiger partial charge in [0.25, 0.3) is 0 Å². The van der Waals surface area contributed by atoms with E-state index >= 15 is 0 Å². The second kappa shape index (κ2) is 8.00. The van der Waals surface area contributed by atoms with E-state index in [4.69, 9.17) is 0 Å². The number of halogens is 3. The maximum atomic E-state index is 12.0. The Balaban J connectivity index is 0.000000204. The molecule has 104 valence electrons. The maximum Gasteiger partial charge on any atom is 0.161 e. The first-order valence-corrected chi connectivity index (χ1v) is 6.02. The SMILES string of the molecule is C=Cc1ccc(/C=C/C)cc1.Fc1ccc(F)c(F)c1. The minimum atomic E-state index is -1.16. The van der Waals surface area contributed by atoms with Crippen LogP contribution in [0.1, 0.15) is 18.1 Å². The fraction of sp³-hybridized carbons (Fsp3) is 0.0588. The van der Waals surface area contributed by atoms with Gasteiger partial charge in [-0.2, -0.15) is 0 Å². The van der Waals surface area contributed by atoms with Crippen molar-refractivity contribution in [2.75, 3.05) is 0 Å². The van der Waals surface area contributed by atoms with Crippen LogP contribution in [0.15, 0.2) is 55.1 Å². The molecular weight excluding hydrogens is 261 g/mol. The first-order valence-electron chi connectivity index (χ1n) is 6.02. The lowest BCUT2D eigenvalue weighted by Gasteiger charge is -1.93. The van der Waals surface area contributed by atoms with Gasteiger partial charge in [0, 0.05) is 6.07 Å². The van der Waals surface area contributed by atoms with Crippen molar-refractivity contribution in [1.82, 2.24) is 0 Å². The molecule has 0 amide bonds. The third kappa shape index (κ3) is 5.14. The average Bonchev–Trinajstić information content (AvgIpc) is 2.45. The molecule has 0 aliphatic rings. The van der Waals surface area contributed by atoms with Crippen LogP contribution < -0.4 is 0 Å². The van der Waals surface area contributed by atoms with Crippen LogP contribution in [0.25, 0.3) is 12.2 Å². The standard InChI is InChI=1S/C11H12.C6H3F3/c1-3-5-11-8-6-10(4-2)7-9-11;7-4-1-2-5(8)6(9)3-4/h3-9H,2H2,1H3;1-3H/b5-3+;. The molecule has 0 N–H and O–H groups in total. The molecule has 0 atom stereocenters. The van der Waals surface area contributed by atoms with Crippen molar-refractivity contribution in [3.63, 3.8) is 0 Å². The molecule has 2 rings (SSSR count). The normalized spacial score (nSPS) is 10.0. The Morgan fingerprint density at radius 3 is 1.90 bits per heavy atom. The highest BCUT2D eigenvalue weighted by atomic mass is 19.2. The third-order valence-corrected chi connectivity index (χ3v) is 2.41. The number of benzene rings is 2. The predicted molar refractivity (Wildman–Crippen MR) is 77.6 cm³/mol. The fourth-order valence-electron chi connectivity index (χ4n) is 1.41. The van der Waals surface area contributed by atoms with Crippen LogP contribution in [0, 0.1) is 17.5 Å². The van der Waals surface area contributed by atoms with E-state index in [0.717, 1.165) is 12.1 Å². The monoisotopic (exact) mass is 276 g/mol. The van der Waals surface area contributed by atoms with E-state index < -0.39 is 17.5 Å².